The van der Waals surface area contributed by atoms with Crippen molar-refractivity contribution in [3.8, 4) is 0 Å². The molecule has 0 aliphatic heterocycles. The zero-order valence-corrected chi connectivity index (χ0v) is 8.70. The third kappa shape index (κ3) is 2.96. The van der Waals surface area contributed by atoms with Gasteiger partial charge in [-0.25, -0.2) is 0 Å². The molecule has 1 rings (SSSR count). The lowest BCUT2D eigenvalue weighted by Gasteiger charge is -2.29. The molecule has 3 N–H and O–H groups in total. The highest BCUT2D eigenvalue weighted by atomic mass is 32.2. The minimum atomic E-state index is 0.542. The molecule has 0 radical (unpaired) electrons. The molecule has 3 heteroatoms. The van der Waals surface area contributed by atoms with Gasteiger partial charge in [0.15, 0.2) is 0 Å². The van der Waals surface area contributed by atoms with Gasteiger partial charge < -0.3 is 0 Å². The fraction of sp³-hybridized carbons (Fsp3) is 1.00. The van der Waals surface area contributed by atoms with E-state index in [1.807, 2.05) is 11.8 Å². The highest BCUT2D eigenvalue weighted by molar-refractivity contribution is 7.98. The molecular weight excluding hydrogens is 168 g/mol. The number of hydrazine groups is 1. The second-order valence-electron chi connectivity index (χ2n) is 3.63. The summed E-state index contributed by atoms with van der Waals surface area (Å²) in [5.74, 6) is 7.51. The second-order valence-corrected chi connectivity index (χ2v) is 4.54. The summed E-state index contributed by atoms with van der Waals surface area (Å²) < 4.78 is 0. The van der Waals surface area contributed by atoms with Crippen LogP contribution >= 0.6 is 11.8 Å². The summed E-state index contributed by atoms with van der Waals surface area (Å²) in [6.45, 7) is 0. The molecule has 0 spiro atoms. The standard InChI is InChI=1S/C9H20N2S/c1-12-7-9(11-10)8-5-3-2-4-6-8/h8-9,11H,2-7,10H2,1H3. The van der Waals surface area contributed by atoms with Gasteiger partial charge in [-0.05, 0) is 25.0 Å². The van der Waals surface area contributed by atoms with Crippen LogP contribution in [0.3, 0.4) is 0 Å². The average Bonchev–Trinajstić information content (AvgIpc) is 2.15. The first-order chi connectivity index (χ1) is 5.88. The molecule has 0 aromatic carbocycles. The smallest absolute Gasteiger partial charge is 0.0329 e. The van der Waals surface area contributed by atoms with Crippen LogP contribution < -0.4 is 11.3 Å². The van der Waals surface area contributed by atoms with Crippen LogP contribution in [0.2, 0.25) is 0 Å². The first-order valence-electron chi connectivity index (χ1n) is 4.83. The van der Waals surface area contributed by atoms with Crippen molar-refractivity contribution in [3.05, 3.63) is 0 Å². The molecule has 1 aliphatic carbocycles. The van der Waals surface area contributed by atoms with Crippen LogP contribution in [0.1, 0.15) is 32.1 Å². The summed E-state index contributed by atoms with van der Waals surface area (Å²) in [4.78, 5) is 0. The molecule has 72 valence electrons. The summed E-state index contributed by atoms with van der Waals surface area (Å²) in [7, 11) is 0. The molecule has 0 aromatic rings. The molecule has 1 unspecified atom stereocenters. The molecule has 12 heavy (non-hydrogen) atoms. The van der Waals surface area contributed by atoms with Gasteiger partial charge in [-0.1, -0.05) is 19.3 Å². The number of nitrogens with one attached hydrogen (secondary N) is 1. The Kier molecular flexibility index (Phi) is 5.04. The van der Waals surface area contributed by atoms with Crippen LogP contribution in [-0.2, 0) is 0 Å². The van der Waals surface area contributed by atoms with Crippen LogP contribution in [0.4, 0.5) is 0 Å². The Balaban J connectivity index is 2.29. The van der Waals surface area contributed by atoms with E-state index in [9.17, 15) is 0 Å². The number of rotatable bonds is 4. The van der Waals surface area contributed by atoms with Gasteiger partial charge in [0.05, 0.1) is 0 Å². The van der Waals surface area contributed by atoms with Crippen molar-refractivity contribution in [2.75, 3.05) is 12.0 Å². The van der Waals surface area contributed by atoms with E-state index in [1.165, 1.54) is 32.1 Å². The predicted octanol–water partition coefficient (Wildman–Crippen LogP) is 1.76. The molecule has 1 fully saturated rings. The number of hydrogen-bond donors (Lipinski definition) is 2. The summed E-state index contributed by atoms with van der Waals surface area (Å²) >= 11 is 1.89. The van der Waals surface area contributed by atoms with E-state index in [2.05, 4.69) is 11.7 Å². The van der Waals surface area contributed by atoms with Gasteiger partial charge in [0, 0.05) is 11.8 Å². The lowest BCUT2D eigenvalue weighted by molar-refractivity contribution is 0.287. The average molecular weight is 188 g/mol. The Hall–Kier alpha value is 0.270. The zero-order chi connectivity index (χ0) is 8.81. The Labute approximate surface area is 79.6 Å². The van der Waals surface area contributed by atoms with Gasteiger partial charge in [-0.3, -0.25) is 11.3 Å². The minimum absolute atomic E-state index is 0.542. The highest BCUT2D eigenvalue weighted by Crippen LogP contribution is 2.27. The minimum Gasteiger partial charge on any atom is -0.271 e. The van der Waals surface area contributed by atoms with Crippen molar-refractivity contribution in [2.45, 2.75) is 38.1 Å². The van der Waals surface area contributed by atoms with Crippen LogP contribution in [0.5, 0.6) is 0 Å². The van der Waals surface area contributed by atoms with Crippen molar-refractivity contribution in [3.63, 3.8) is 0 Å². The topological polar surface area (TPSA) is 38.0 Å². The molecule has 2 nitrogen and oxygen atoms in total. The zero-order valence-electron chi connectivity index (χ0n) is 7.88. The van der Waals surface area contributed by atoms with Crippen LogP contribution in [-0.4, -0.2) is 18.1 Å². The van der Waals surface area contributed by atoms with Gasteiger partial charge >= 0.3 is 0 Å². The van der Waals surface area contributed by atoms with Crippen LogP contribution in [0, 0.1) is 5.92 Å². The Morgan fingerprint density at radius 1 is 1.42 bits per heavy atom. The van der Waals surface area contributed by atoms with E-state index in [-0.39, 0.29) is 0 Å². The maximum atomic E-state index is 5.53. The molecule has 0 aromatic heterocycles. The number of nitrogens with two attached hydrogens (primary N) is 1. The van der Waals surface area contributed by atoms with E-state index < -0.39 is 0 Å². The fourth-order valence-corrected chi connectivity index (χ4v) is 2.76. The largest absolute Gasteiger partial charge is 0.271 e. The first kappa shape index (κ1) is 10.4. The van der Waals surface area contributed by atoms with Gasteiger partial charge in [0.2, 0.25) is 0 Å². The molecule has 0 heterocycles. The van der Waals surface area contributed by atoms with Crippen molar-refractivity contribution in [1.29, 1.82) is 0 Å². The van der Waals surface area contributed by atoms with E-state index in [0.29, 0.717) is 6.04 Å². The molecular formula is C9H20N2S. The normalized spacial score (nSPS) is 22.5. The Bertz CT molecular complexity index is 110. The fourth-order valence-electron chi connectivity index (χ4n) is 2.04. The maximum Gasteiger partial charge on any atom is 0.0329 e. The summed E-state index contributed by atoms with van der Waals surface area (Å²) in [5, 5.41) is 0. The predicted molar refractivity (Wildman–Crippen MR) is 56.1 cm³/mol. The molecule has 1 aliphatic rings. The first-order valence-corrected chi connectivity index (χ1v) is 6.23. The van der Waals surface area contributed by atoms with Gasteiger partial charge in [-0.15, -0.1) is 0 Å². The van der Waals surface area contributed by atoms with Gasteiger partial charge in [-0.2, -0.15) is 11.8 Å². The van der Waals surface area contributed by atoms with E-state index in [4.69, 9.17) is 5.84 Å². The van der Waals surface area contributed by atoms with E-state index in [0.717, 1.165) is 11.7 Å². The van der Waals surface area contributed by atoms with E-state index >= 15 is 0 Å². The monoisotopic (exact) mass is 188 g/mol. The van der Waals surface area contributed by atoms with Crippen molar-refractivity contribution < 1.29 is 0 Å². The third-order valence-corrected chi connectivity index (χ3v) is 3.47. The maximum absolute atomic E-state index is 5.53. The summed E-state index contributed by atoms with van der Waals surface area (Å²) in [6, 6.07) is 0.542. The molecule has 0 amide bonds. The summed E-state index contributed by atoms with van der Waals surface area (Å²) in [5.41, 5.74) is 2.95. The van der Waals surface area contributed by atoms with Crippen LogP contribution in [0.25, 0.3) is 0 Å². The molecule has 1 atom stereocenters. The SMILES string of the molecule is CSCC(NN)C1CCCCC1. The van der Waals surface area contributed by atoms with Crippen molar-refractivity contribution in [2.24, 2.45) is 11.8 Å². The Morgan fingerprint density at radius 2 is 2.08 bits per heavy atom. The van der Waals surface area contributed by atoms with Crippen LogP contribution in [0.15, 0.2) is 0 Å². The van der Waals surface area contributed by atoms with Gasteiger partial charge in [0.25, 0.3) is 0 Å². The lowest BCUT2D eigenvalue weighted by Crippen LogP contribution is -2.43. The number of hydrogen-bond acceptors (Lipinski definition) is 3. The van der Waals surface area contributed by atoms with Crippen molar-refractivity contribution in [1.82, 2.24) is 5.43 Å². The molecule has 0 bridgehead atoms. The van der Waals surface area contributed by atoms with Gasteiger partial charge in [0.1, 0.15) is 0 Å². The molecule has 1 saturated carbocycles. The third-order valence-electron chi connectivity index (χ3n) is 2.78. The quantitative estimate of drug-likeness (QED) is 0.521. The Morgan fingerprint density at radius 3 is 2.58 bits per heavy atom. The molecule has 0 saturated heterocycles. The van der Waals surface area contributed by atoms with Crippen molar-refractivity contribution >= 4 is 11.8 Å². The van der Waals surface area contributed by atoms with E-state index in [1.54, 1.807) is 0 Å². The highest BCUT2D eigenvalue weighted by Gasteiger charge is 2.21. The lowest BCUT2D eigenvalue weighted by atomic mass is 9.85. The summed E-state index contributed by atoms with van der Waals surface area (Å²) in [6.07, 6.45) is 9.11. The second kappa shape index (κ2) is 5.84. The number of thioether (sulfide) groups is 1.